The Balaban J connectivity index is 1.57. The number of ether oxygens (including phenoxy) is 1. The number of nitrogens with two attached hydrogens (primary N) is 1. The van der Waals surface area contributed by atoms with Gasteiger partial charge in [-0.15, -0.1) is 0 Å². The summed E-state index contributed by atoms with van der Waals surface area (Å²) in [4.78, 5) is 24.0. The average Bonchev–Trinajstić information content (AvgIpc) is 3.57. The van der Waals surface area contributed by atoms with E-state index in [1.807, 2.05) is 0 Å². The molecule has 0 bridgehead atoms. The van der Waals surface area contributed by atoms with Gasteiger partial charge in [0.05, 0.1) is 10.6 Å². The summed E-state index contributed by atoms with van der Waals surface area (Å²) in [5.74, 6) is -2.98. The van der Waals surface area contributed by atoms with E-state index in [0.29, 0.717) is 10.5 Å². The molecule has 0 unspecified atom stereocenters. The lowest BCUT2D eigenvalue weighted by molar-refractivity contribution is -0.143. The van der Waals surface area contributed by atoms with E-state index in [9.17, 15) is 18.0 Å². The predicted molar refractivity (Wildman–Crippen MR) is 129 cm³/mol. The second-order valence-electron chi connectivity index (χ2n) is 8.16. The van der Waals surface area contributed by atoms with Crippen molar-refractivity contribution in [3.8, 4) is 28.7 Å². The third-order valence-electron chi connectivity index (χ3n) is 5.43. The molecule has 196 valence electrons. The van der Waals surface area contributed by atoms with Crippen LogP contribution >= 0.6 is 23.2 Å². The summed E-state index contributed by atoms with van der Waals surface area (Å²) in [6.45, 7) is 0. The summed E-state index contributed by atoms with van der Waals surface area (Å²) in [5, 5.41) is 6.85. The Hall–Kier alpha value is -3.97. The number of rotatable bonds is 7. The van der Waals surface area contributed by atoms with Crippen molar-refractivity contribution in [2.45, 2.75) is 25.1 Å². The lowest BCUT2D eigenvalue weighted by atomic mass is 10.0. The van der Waals surface area contributed by atoms with Gasteiger partial charge in [-0.1, -0.05) is 23.2 Å². The number of carbonyl (C=O) groups excluding carboxylic acids is 1. The highest BCUT2D eigenvalue weighted by Gasteiger charge is 2.43. The standard InChI is InChI=1S/C23H15Cl2F4N7O2/c24-12-2-1-7-31-21(12)36-18(23(27,28)29)15(19(30)37)17(35-36)10-3-6-14(13(26)8-10)38-22-16(25)20(32-9-33-22)34-11-4-5-11/h1-3,6-9,11H,4-5H2,(H2,30,37)(H,32,33,34). The Labute approximate surface area is 221 Å². The minimum atomic E-state index is -5.09. The molecule has 4 aromatic rings. The van der Waals surface area contributed by atoms with Crippen LogP contribution in [0, 0.1) is 5.82 Å². The molecule has 9 nitrogen and oxygen atoms in total. The van der Waals surface area contributed by atoms with Gasteiger partial charge in [-0.2, -0.15) is 23.3 Å². The molecule has 0 saturated heterocycles. The summed E-state index contributed by atoms with van der Waals surface area (Å²) in [6, 6.07) is 6.10. The van der Waals surface area contributed by atoms with Crippen LogP contribution in [0.5, 0.6) is 11.6 Å². The molecular weight excluding hydrogens is 553 g/mol. The van der Waals surface area contributed by atoms with Crippen LogP contribution in [0.2, 0.25) is 10.0 Å². The van der Waals surface area contributed by atoms with Crippen molar-refractivity contribution < 1.29 is 27.1 Å². The minimum absolute atomic E-state index is 0.0275. The highest BCUT2D eigenvalue weighted by atomic mass is 35.5. The van der Waals surface area contributed by atoms with Crippen molar-refractivity contribution in [1.29, 1.82) is 0 Å². The largest absolute Gasteiger partial charge is 0.434 e. The number of benzene rings is 1. The molecule has 0 radical (unpaired) electrons. The molecule has 5 rings (SSSR count). The van der Waals surface area contributed by atoms with E-state index in [4.69, 9.17) is 33.7 Å². The highest BCUT2D eigenvalue weighted by Crippen LogP contribution is 2.40. The summed E-state index contributed by atoms with van der Waals surface area (Å²) >= 11 is 12.3. The molecule has 3 heterocycles. The topological polar surface area (TPSA) is 121 Å². The number of nitrogens with zero attached hydrogens (tertiary/aromatic N) is 5. The second-order valence-corrected chi connectivity index (χ2v) is 8.95. The van der Waals surface area contributed by atoms with E-state index in [0.717, 1.165) is 25.0 Å². The first kappa shape index (κ1) is 25.7. The number of alkyl halides is 3. The fraction of sp³-hybridized carbons (Fsp3) is 0.174. The number of aromatic nitrogens is 5. The third-order valence-corrected chi connectivity index (χ3v) is 6.06. The maximum Gasteiger partial charge on any atom is 0.434 e. The molecule has 1 aliphatic carbocycles. The van der Waals surface area contributed by atoms with Crippen molar-refractivity contribution in [1.82, 2.24) is 24.7 Å². The van der Waals surface area contributed by atoms with Crippen molar-refractivity contribution >= 4 is 34.9 Å². The smallest absolute Gasteiger partial charge is 0.434 e. The Bertz CT molecular complexity index is 1560. The van der Waals surface area contributed by atoms with Crippen LogP contribution in [0.15, 0.2) is 42.9 Å². The number of primary amides is 1. The van der Waals surface area contributed by atoms with Gasteiger partial charge in [0.25, 0.3) is 5.91 Å². The number of pyridine rings is 1. The van der Waals surface area contributed by atoms with Gasteiger partial charge >= 0.3 is 6.18 Å². The monoisotopic (exact) mass is 567 g/mol. The lowest BCUT2D eigenvalue weighted by Gasteiger charge is -2.12. The number of carbonyl (C=O) groups is 1. The molecule has 1 amide bonds. The molecule has 0 atom stereocenters. The number of halogens is 6. The van der Waals surface area contributed by atoms with Crippen molar-refractivity contribution in [2.24, 2.45) is 5.73 Å². The quantitative estimate of drug-likeness (QED) is 0.276. The third kappa shape index (κ3) is 4.94. The first-order chi connectivity index (χ1) is 18.0. The van der Waals surface area contributed by atoms with Gasteiger partial charge in [-0.25, -0.2) is 19.0 Å². The molecule has 1 aromatic carbocycles. The number of nitrogens with one attached hydrogen (secondary N) is 1. The number of amides is 1. The van der Waals surface area contributed by atoms with E-state index < -0.39 is 40.7 Å². The number of hydrogen-bond acceptors (Lipinski definition) is 7. The maximum absolute atomic E-state index is 15.1. The lowest BCUT2D eigenvalue weighted by Crippen LogP contribution is -2.21. The average molecular weight is 568 g/mol. The van der Waals surface area contributed by atoms with Gasteiger partial charge in [-0.05, 0) is 43.2 Å². The van der Waals surface area contributed by atoms with Gasteiger partial charge in [0, 0.05) is 17.8 Å². The van der Waals surface area contributed by atoms with E-state index in [2.05, 4.69) is 25.4 Å². The zero-order valence-corrected chi connectivity index (χ0v) is 20.4. The van der Waals surface area contributed by atoms with Crippen LogP contribution in [-0.2, 0) is 6.18 Å². The van der Waals surface area contributed by atoms with Crippen LogP contribution in [0.25, 0.3) is 17.1 Å². The fourth-order valence-corrected chi connectivity index (χ4v) is 3.98. The molecule has 0 spiro atoms. The summed E-state index contributed by atoms with van der Waals surface area (Å²) < 4.78 is 63.2. The summed E-state index contributed by atoms with van der Waals surface area (Å²) in [5.41, 5.74) is 2.10. The Morgan fingerprint density at radius 1 is 1.16 bits per heavy atom. The fourth-order valence-electron chi connectivity index (χ4n) is 3.58. The molecule has 38 heavy (non-hydrogen) atoms. The zero-order valence-electron chi connectivity index (χ0n) is 18.9. The van der Waals surface area contributed by atoms with Gasteiger partial charge in [0.15, 0.2) is 28.9 Å². The molecule has 0 aliphatic heterocycles. The van der Waals surface area contributed by atoms with Crippen LogP contribution in [-0.4, -0.2) is 36.7 Å². The molecule has 1 fully saturated rings. The first-order valence-electron chi connectivity index (χ1n) is 10.9. The predicted octanol–water partition coefficient (Wildman–Crippen LogP) is 5.65. The molecule has 1 aliphatic rings. The van der Waals surface area contributed by atoms with Crippen LogP contribution in [0.4, 0.5) is 23.4 Å². The van der Waals surface area contributed by atoms with Crippen molar-refractivity contribution in [3.05, 3.63) is 70.0 Å². The molecular formula is C23H15Cl2F4N7O2. The van der Waals surface area contributed by atoms with Gasteiger partial charge in [0.2, 0.25) is 5.88 Å². The van der Waals surface area contributed by atoms with Crippen LogP contribution in [0.3, 0.4) is 0 Å². The second kappa shape index (κ2) is 9.72. The Kier molecular flexibility index (Phi) is 6.57. The van der Waals surface area contributed by atoms with Gasteiger partial charge in [-0.3, -0.25) is 4.79 Å². The maximum atomic E-state index is 15.1. The number of anilines is 1. The molecule has 1 saturated carbocycles. The van der Waals surface area contributed by atoms with Gasteiger partial charge in [0.1, 0.15) is 17.0 Å². The SMILES string of the molecule is NC(=O)c1c(-c2ccc(Oc3ncnc(NC4CC4)c3Cl)c(F)c2)nn(-c2ncccc2Cl)c1C(F)(F)F. The zero-order chi connectivity index (χ0) is 27.2. The molecule has 15 heteroatoms. The van der Waals surface area contributed by atoms with Crippen LogP contribution < -0.4 is 15.8 Å². The van der Waals surface area contributed by atoms with Crippen molar-refractivity contribution in [2.75, 3.05) is 5.32 Å². The van der Waals surface area contributed by atoms with Crippen LogP contribution in [0.1, 0.15) is 28.9 Å². The van der Waals surface area contributed by atoms with Crippen molar-refractivity contribution in [3.63, 3.8) is 0 Å². The van der Waals surface area contributed by atoms with Gasteiger partial charge < -0.3 is 15.8 Å². The number of hydrogen-bond donors (Lipinski definition) is 2. The summed E-state index contributed by atoms with van der Waals surface area (Å²) in [6.07, 6.45) is -0.793. The normalized spacial score (nSPS) is 13.4. The Morgan fingerprint density at radius 3 is 2.55 bits per heavy atom. The van der Waals surface area contributed by atoms with E-state index in [1.54, 1.807) is 0 Å². The highest BCUT2D eigenvalue weighted by molar-refractivity contribution is 6.34. The first-order valence-corrected chi connectivity index (χ1v) is 11.7. The Morgan fingerprint density at radius 2 is 1.92 bits per heavy atom. The van der Waals surface area contributed by atoms with E-state index in [1.165, 1.54) is 30.7 Å². The molecule has 3 N–H and O–H groups in total. The minimum Gasteiger partial charge on any atom is -0.434 e. The van der Waals surface area contributed by atoms with E-state index >= 15 is 4.39 Å². The van der Waals surface area contributed by atoms with E-state index in [-0.39, 0.29) is 33.3 Å². The molecule has 3 aromatic heterocycles. The summed E-state index contributed by atoms with van der Waals surface area (Å²) in [7, 11) is 0.